The minimum Gasteiger partial charge on any atom is -0.244 e. The van der Waals surface area contributed by atoms with Crippen molar-refractivity contribution in [1.82, 2.24) is 0 Å². The van der Waals surface area contributed by atoms with Crippen molar-refractivity contribution in [2.45, 2.75) is 38.5 Å². The Morgan fingerprint density at radius 1 is 1.33 bits per heavy atom. The Morgan fingerprint density at radius 3 is 2.93 bits per heavy atom. The van der Waals surface area contributed by atoms with Crippen LogP contribution in [0.5, 0.6) is 0 Å². The molecule has 1 saturated carbocycles. The van der Waals surface area contributed by atoms with E-state index in [2.05, 4.69) is 11.1 Å². The highest BCUT2D eigenvalue weighted by atomic mass is 32.1. The van der Waals surface area contributed by atoms with Crippen LogP contribution in [0, 0.1) is 17.2 Å². The average molecular weight is 218 g/mol. The molecule has 0 spiro atoms. The maximum atomic E-state index is 8.90. The molecule has 1 unspecified atom stereocenters. The van der Waals surface area contributed by atoms with E-state index < -0.39 is 0 Å². The number of thiocarbonyl (C=S) groups is 1. The van der Waals surface area contributed by atoms with Gasteiger partial charge in [0, 0.05) is 11.6 Å². The molecule has 15 heavy (non-hydrogen) atoms. The molecule has 1 heterocycles. The van der Waals surface area contributed by atoms with Crippen molar-refractivity contribution in [3.8, 4) is 6.07 Å². The number of nitrogens with zero attached hydrogens (tertiary/aromatic N) is 2. The molecule has 0 radical (unpaired) electrons. The SMILES string of the molecule is N#CC1=CC2CCCCCCC2=NC1=S. The van der Waals surface area contributed by atoms with Crippen molar-refractivity contribution in [2.24, 2.45) is 10.9 Å². The second kappa shape index (κ2) is 4.67. The first-order valence-corrected chi connectivity index (χ1v) is 5.96. The molecule has 2 aliphatic rings. The molecule has 2 nitrogen and oxygen atoms in total. The van der Waals surface area contributed by atoms with Crippen LogP contribution in [0.25, 0.3) is 0 Å². The lowest BCUT2D eigenvalue weighted by atomic mass is 9.86. The molecule has 2 rings (SSSR count). The van der Waals surface area contributed by atoms with Gasteiger partial charge in [-0.25, -0.2) is 4.99 Å². The molecule has 0 bridgehead atoms. The van der Waals surface area contributed by atoms with E-state index >= 15 is 0 Å². The Bertz CT molecular complexity index is 374. The first kappa shape index (κ1) is 10.5. The number of nitriles is 1. The number of hydrogen-bond acceptors (Lipinski definition) is 2. The Labute approximate surface area is 95.7 Å². The fourth-order valence-corrected chi connectivity index (χ4v) is 2.47. The predicted molar refractivity (Wildman–Crippen MR) is 64.9 cm³/mol. The van der Waals surface area contributed by atoms with Gasteiger partial charge in [0.05, 0.1) is 5.57 Å². The number of rotatable bonds is 0. The molecule has 1 atom stereocenters. The van der Waals surface area contributed by atoms with Crippen LogP contribution in [0.1, 0.15) is 38.5 Å². The second-order valence-electron chi connectivity index (χ2n) is 4.16. The molecular weight excluding hydrogens is 204 g/mol. The van der Waals surface area contributed by atoms with E-state index in [-0.39, 0.29) is 0 Å². The fraction of sp³-hybridized carbons (Fsp3) is 0.583. The van der Waals surface area contributed by atoms with Crippen LogP contribution in [-0.2, 0) is 0 Å². The number of aliphatic imine (C=N–C) groups is 1. The molecule has 1 aliphatic heterocycles. The van der Waals surface area contributed by atoms with Gasteiger partial charge in [0.15, 0.2) is 0 Å². The van der Waals surface area contributed by atoms with E-state index in [1.807, 2.05) is 6.08 Å². The first-order valence-electron chi connectivity index (χ1n) is 5.55. The Balaban J connectivity index is 2.22. The number of dihydropyridines is 1. The third-order valence-corrected chi connectivity index (χ3v) is 3.40. The van der Waals surface area contributed by atoms with Gasteiger partial charge in [0.25, 0.3) is 0 Å². The lowest BCUT2D eigenvalue weighted by Gasteiger charge is -2.22. The summed E-state index contributed by atoms with van der Waals surface area (Å²) in [6.07, 6.45) is 9.28. The Kier molecular flexibility index (Phi) is 3.27. The van der Waals surface area contributed by atoms with Gasteiger partial charge in [-0.05, 0) is 19.3 Å². The third-order valence-electron chi connectivity index (χ3n) is 3.09. The lowest BCUT2D eigenvalue weighted by Crippen LogP contribution is -2.21. The van der Waals surface area contributed by atoms with Crippen LogP contribution in [0.15, 0.2) is 16.6 Å². The van der Waals surface area contributed by atoms with Gasteiger partial charge in [-0.2, -0.15) is 5.26 Å². The summed E-state index contributed by atoms with van der Waals surface area (Å²) in [5.74, 6) is 0.381. The zero-order chi connectivity index (χ0) is 10.7. The highest BCUT2D eigenvalue weighted by molar-refractivity contribution is 7.80. The molecule has 78 valence electrons. The number of hydrogen-bond donors (Lipinski definition) is 0. The van der Waals surface area contributed by atoms with Crippen molar-refractivity contribution in [3.05, 3.63) is 11.6 Å². The van der Waals surface area contributed by atoms with E-state index in [0.717, 1.165) is 12.8 Å². The molecule has 0 N–H and O–H groups in total. The van der Waals surface area contributed by atoms with Crippen LogP contribution in [0.4, 0.5) is 0 Å². The van der Waals surface area contributed by atoms with Gasteiger partial charge < -0.3 is 0 Å². The molecule has 1 aliphatic carbocycles. The van der Waals surface area contributed by atoms with Crippen molar-refractivity contribution in [2.75, 3.05) is 0 Å². The van der Waals surface area contributed by atoms with Gasteiger partial charge >= 0.3 is 0 Å². The minimum absolute atomic E-state index is 0.381. The fourth-order valence-electron chi connectivity index (χ4n) is 2.24. The van der Waals surface area contributed by atoms with E-state index in [9.17, 15) is 0 Å². The highest BCUT2D eigenvalue weighted by Gasteiger charge is 2.22. The van der Waals surface area contributed by atoms with Crippen molar-refractivity contribution in [1.29, 1.82) is 5.26 Å². The molecule has 1 fully saturated rings. The molecular formula is C12H14N2S. The van der Waals surface area contributed by atoms with Crippen LogP contribution < -0.4 is 0 Å². The smallest absolute Gasteiger partial charge is 0.143 e. The Hall–Kier alpha value is -1.01. The lowest BCUT2D eigenvalue weighted by molar-refractivity contribution is 0.563. The highest BCUT2D eigenvalue weighted by Crippen LogP contribution is 2.26. The summed E-state index contributed by atoms with van der Waals surface area (Å²) in [5, 5.41) is 8.90. The summed E-state index contributed by atoms with van der Waals surface area (Å²) in [5.41, 5.74) is 1.80. The largest absolute Gasteiger partial charge is 0.244 e. The van der Waals surface area contributed by atoms with E-state index in [0.29, 0.717) is 16.5 Å². The van der Waals surface area contributed by atoms with E-state index in [1.54, 1.807) is 0 Å². The molecule has 0 aromatic rings. The van der Waals surface area contributed by atoms with Crippen LogP contribution in [-0.4, -0.2) is 10.7 Å². The summed E-state index contributed by atoms with van der Waals surface area (Å²) in [6.45, 7) is 0. The maximum absolute atomic E-state index is 8.90. The summed E-state index contributed by atoms with van der Waals surface area (Å²) in [6, 6.07) is 2.14. The maximum Gasteiger partial charge on any atom is 0.143 e. The van der Waals surface area contributed by atoms with Crippen molar-refractivity contribution >= 4 is 22.9 Å². The van der Waals surface area contributed by atoms with Gasteiger partial charge in [-0.3, -0.25) is 0 Å². The van der Waals surface area contributed by atoms with Crippen molar-refractivity contribution in [3.63, 3.8) is 0 Å². The van der Waals surface area contributed by atoms with E-state index in [4.69, 9.17) is 17.5 Å². The molecule has 0 aromatic carbocycles. The minimum atomic E-state index is 0.381. The molecule has 0 aromatic heterocycles. The topological polar surface area (TPSA) is 36.1 Å². The normalized spacial score (nSPS) is 26.6. The Morgan fingerprint density at radius 2 is 2.13 bits per heavy atom. The van der Waals surface area contributed by atoms with Gasteiger partial charge in [0.1, 0.15) is 11.1 Å². The first-order chi connectivity index (χ1) is 7.31. The number of fused-ring (bicyclic) bond motifs is 1. The summed E-state index contributed by atoms with van der Waals surface area (Å²) >= 11 is 5.09. The molecule has 0 saturated heterocycles. The predicted octanol–water partition coefficient (Wildman–Crippen LogP) is 3.19. The average Bonchev–Trinajstić information content (AvgIpc) is 2.20. The molecule has 0 amide bonds. The summed E-state index contributed by atoms with van der Waals surface area (Å²) in [7, 11) is 0. The van der Waals surface area contributed by atoms with Gasteiger partial charge in [-0.15, -0.1) is 0 Å². The van der Waals surface area contributed by atoms with Gasteiger partial charge in [0.2, 0.25) is 0 Å². The number of allylic oxidation sites excluding steroid dienone is 1. The standard InChI is InChI=1S/C12H14N2S/c13-8-10-7-9-5-3-1-2-4-6-11(9)14-12(10)15/h7,9H,1-6H2. The van der Waals surface area contributed by atoms with Crippen LogP contribution in [0.2, 0.25) is 0 Å². The van der Waals surface area contributed by atoms with Crippen LogP contribution >= 0.6 is 12.2 Å². The quantitative estimate of drug-likeness (QED) is 0.585. The van der Waals surface area contributed by atoms with Crippen LogP contribution in [0.3, 0.4) is 0 Å². The van der Waals surface area contributed by atoms with E-state index in [1.165, 1.54) is 31.4 Å². The monoisotopic (exact) mass is 218 g/mol. The third kappa shape index (κ3) is 2.32. The second-order valence-corrected chi connectivity index (χ2v) is 4.55. The zero-order valence-corrected chi connectivity index (χ0v) is 9.52. The van der Waals surface area contributed by atoms with Gasteiger partial charge in [-0.1, -0.05) is 37.6 Å². The molecule has 3 heteroatoms. The summed E-state index contributed by atoms with van der Waals surface area (Å²) in [4.78, 5) is 4.91. The van der Waals surface area contributed by atoms with Crippen molar-refractivity contribution < 1.29 is 0 Å². The summed E-state index contributed by atoms with van der Waals surface area (Å²) < 4.78 is 0. The zero-order valence-electron chi connectivity index (χ0n) is 8.70.